The zero-order valence-corrected chi connectivity index (χ0v) is 23.0. The highest BCUT2D eigenvalue weighted by atomic mass is 16.5. The van der Waals surface area contributed by atoms with Gasteiger partial charge in [0.1, 0.15) is 5.76 Å². The Labute approximate surface area is 228 Å². The van der Waals surface area contributed by atoms with Crippen LogP contribution in [0.15, 0.2) is 71.9 Å². The molecule has 1 fully saturated rings. The minimum absolute atomic E-state index is 0.184. The van der Waals surface area contributed by atoms with Crippen LogP contribution in [0.1, 0.15) is 43.9 Å². The lowest BCUT2D eigenvalue weighted by Gasteiger charge is -2.33. The van der Waals surface area contributed by atoms with Crippen molar-refractivity contribution in [2.45, 2.75) is 38.3 Å². The molecular weight excluding hydrogens is 492 g/mol. The summed E-state index contributed by atoms with van der Waals surface area (Å²) in [4.78, 5) is 4.93. The van der Waals surface area contributed by atoms with Gasteiger partial charge in [-0.1, -0.05) is 24.3 Å². The molecule has 9 heteroatoms. The van der Waals surface area contributed by atoms with Crippen molar-refractivity contribution in [1.82, 2.24) is 14.6 Å². The van der Waals surface area contributed by atoms with Gasteiger partial charge in [0.2, 0.25) is 0 Å². The first-order valence-electron chi connectivity index (χ1n) is 13.2. The molecule has 39 heavy (non-hydrogen) atoms. The lowest BCUT2D eigenvalue weighted by atomic mass is 9.88. The normalized spacial score (nSPS) is 24.8. The molecule has 7 N–H and O–H groups in total. The van der Waals surface area contributed by atoms with Crippen molar-refractivity contribution in [2.24, 2.45) is 23.2 Å². The summed E-state index contributed by atoms with van der Waals surface area (Å²) in [6.07, 6.45) is 10.8. The smallest absolute Gasteiger partial charge is 0.139 e. The third-order valence-electron chi connectivity index (χ3n) is 7.69. The van der Waals surface area contributed by atoms with Gasteiger partial charge in [-0.3, -0.25) is 4.98 Å². The predicted octanol–water partition coefficient (Wildman–Crippen LogP) is 3.76. The van der Waals surface area contributed by atoms with Gasteiger partial charge in [-0.25, -0.2) is 5.84 Å². The van der Waals surface area contributed by atoms with E-state index in [-0.39, 0.29) is 12.0 Å². The van der Waals surface area contributed by atoms with Crippen molar-refractivity contribution >= 4 is 27.6 Å². The first-order valence-corrected chi connectivity index (χ1v) is 13.2. The Bertz CT molecular complexity index is 1520. The lowest BCUT2D eigenvalue weighted by molar-refractivity contribution is 0.0539. The van der Waals surface area contributed by atoms with Gasteiger partial charge in [-0.2, -0.15) is 0 Å². The zero-order chi connectivity index (χ0) is 27.9. The summed E-state index contributed by atoms with van der Waals surface area (Å²) in [5, 5.41) is 13.4. The molecule has 1 unspecified atom stereocenters. The molecule has 0 radical (unpaired) electrons. The highest BCUT2D eigenvalue weighted by Gasteiger charge is 2.33. The van der Waals surface area contributed by atoms with E-state index in [1.54, 1.807) is 40.3 Å². The summed E-state index contributed by atoms with van der Waals surface area (Å²) in [5.41, 5.74) is 18.5. The van der Waals surface area contributed by atoms with Crippen molar-refractivity contribution in [3.63, 3.8) is 0 Å². The molecule has 3 aromatic rings. The molecular formula is C30H38N6O3. The van der Waals surface area contributed by atoms with Gasteiger partial charge in [0.25, 0.3) is 0 Å². The second kappa shape index (κ2) is 10.4. The second-order valence-corrected chi connectivity index (χ2v) is 10.8. The highest BCUT2D eigenvalue weighted by Crippen LogP contribution is 2.41. The SMILES string of the molecule is COC1=C(\N)C(C2CCOCC2)n2c3cc(C(C)(C)O)ccc3c3ncc(cc32)\C(N(C)N)=C(N)/C=C\C=C/1. The molecule has 5 rings (SSSR count). The number of benzene rings is 1. The predicted molar refractivity (Wildman–Crippen MR) is 155 cm³/mol. The Morgan fingerprint density at radius 2 is 1.82 bits per heavy atom. The van der Waals surface area contributed by atoms with E-state index >= 15 is 0 Å². The minimum atomic E-state index is -1.03. The summed E-state index contributed by atoms with van der Waals surface area (Å²) in [5.74, 6) is 7.03. The average molecular weight is 531 g/mol. The third-order valence-corrected chi connectivity index (χ3v) is 7.69. The fourth-order valence-corrected chi connectivity index (χ4v) is 5.73. The van der Waals surface area contributed by atoms with Crippen molar-refractivity contribution in [1.29, 1.82) is 0 Å². The number of methoxy groups -OCH3 is 1. The third kappa shape index (κ3) is 4.89. The topological polar surface area (TPSA) is 138 Å². The van der Waals surface area contributed by atoms with Crippen LogP contribution in [0.25, 0.3) is 27.6 Å². The molecule has 2 aliphatic rings. The van der Waals surface area contributed by atoms with Gasteiger partial charge in [-0.05, 0) is 62.5 Å². The van der Waals surface area contributed by atoms with Crippen molar-refractivity contribution < 1.29 is 14.6 Å². The number of nitrogens with zero attached hydrogens (tertiary/aromatic N) is 3. The highest BCUT2D eigenvalue weighted by molar-refractivity contribution is 6.06. The van der Waals surface area contributed by atoms with Gasteiger partial charge < -0.3 is 35.6 Å². The number of ether oxygens (including phenoxy) is 2. The average Bonchev–Trinajstić information content (AvgIpc) is 3.21. The number of pyridine rings is 1. The summed E-state index contributed by atoms with van der Waals surface area (Å²) in [6, 6.07) is 7.83. The molecule has 1 aromatic carbocycles. The molecule has 206 valence electrons. The fourth-order valence-electron chi connectivity index (χ4n) is 5.73. The van der Waals surface area contributed by atoms with Crippen LogP contribution in [0.5, 0.6) is 0 Å². The number of fused-ring (bicyclic) bond motifs is 4. The van der Waals surface area contributed by atoms with Crippen LogP contribution in [-0.4, -0.2) is 47.0 Å². The van der Waals surface area contributed by atoms with Crippen LogP contribution < -0.4 is 17.3 Å². The Balaban J connectivity index is 1.95. The van der Waals surface area contributed by atoms with Gasteiger partial charge in [0.15, 0.2) is 0 Å². The molecule has 2 aromatic heterocycles. The summed E-state index contributed by atoms with van der Waals surface area (Å²) >= 11 is 0. The van der Waals surface area contributed by atoms with E-state index in [4.69, 9.17) is 31.8 Å². The van der Waals surface area contributed by atoms with Crippen LogP contribution in [0.3, 0.4) is 0 Å². The Morgan fingerprint density at radius 1 is 1.10 bits per heavy atom. The largest absolute Gasteiger partial charge is 0.495 e. The molecule has 0 amide bonds. The molecule has 4 heterocycles. The van der Waals surface area contributed by atoms with Gasteiger partial charge in [0.05, 0.1) is 52.4 Å². The van der Waals surface area contributed by atoms with Gasteiger partial charge in [-0.15, -0.1) is 0 Å². The summed E-state index contributed by atoms with van der Waals surface area (Å²) in [6.45, 7) is 4.89. The van der Waals surface area contributed by atoms with E-state index in [2.05, 4.69) is 10.6 Å². The molecule has 1 saturated heterocycles. The van der Waals surface area contributed by atoms with Crippen LogP contribution >= 0.6 is 0 Å². The Morgan fingerprint density at radius 3 is 2.49 bits per heavy atom. The zero-order valence-electron chi connectivity index (χ0n) is 23.0. The molecule has 0 aliphatic carbocycles. The number of allylic oxidation sites excluding steroid dienone is 5. The maximum Gasteiger partial charge on any atom is 0.139 e. The van der Waals surface area contributed by atoms with Crippen molar-refractivity contribution in [3.8, 4) is 0 Å². The number of aliphatic hydroxyl groups is 1. The molecule has 0 saturated carbocycles. The van der Waals surface area contributed by atoms with E-state index in [1.165, 1.54) is 5.01 Å². The molecule has 0 spiro atoms. The van der Waals surface area contributed by atoms with E-state index < -0.39 is 5.60 Å². The monoisotopic (exact) mass is 530 g/mol. The van der Waals surface area contributed by atoms with Crippen LogP contribution in [0.2, 0.25) is 0 Å². The van der Waals surface area contributed by atoms with Crippen molar-refractivity contribution in [2.75, 3.05) is 27.4 Å². The summed E-state index contributed by atoms with van der Waals surface area (Å²) in [7, 11) is 3.38. The Hall–Kier alpha value is -3.79. The van der Waals surface area contributed by atoms with E-state index in [0.717, 1.165) is 45.9 Å². The lowest BCUT2D eigenvalue weighted by Crippen LogP contribution is -2.31. The van der Waals surface area contributed by atoms with Gasteiger partial charge in [0, 0.05) is 37.4 Å². The number of rotatable bonds is 4. The van der Waals surface area contributed by atoms with E-state index in [1.807, 2.05) is 36.4 Å². The first kappa shape index (κ1) is 26.8. The molecule has 2 bridgehead atoms. The molecule has 2 aliphatic heterocycles. The second-order valence-electron chi connectivity index (χ2n) is 10.8. The number of nitrogens with two attached hydrogens (primary N) is 3. The fraction of sp³-hybridized carbons (Fsp3) is 0.367. The quantitative estimate of drug-likeness (QED) is 0.296. The number of hydrogen-bond acceptors (Lipinski definition) is 8. The maximum atomic E-state index is 10.9. The van der Waals surface area contributed by atoms with Crippen LogP contribution in [-0.2, 0) is 15.1 Å². The first-order chi connectivity index (χ1) is 18.6. The molecule has 1 atom stereocenters. The van der Waals surface area contributed by atoms with Gasteiger partial charge >= 0.3 is 0 Å². The number of aromatic nitrogens is 2. The number of hydrazine groups is 1. The minimum Gasteiger partial charge on any atom is -0.495 e. The summed E-state index contributed by atoms with van der Waals surface area (Å²) < 4.78 is 13.8. The van der Waals surface area contributed by atoms with E-state index in [0.29, 0.717) is 36.1 Å². The van der Waals surface area contributed by atoms with E-state index in [9.17, 15) is 5.11 Å². The molecule has 9 nitrogen and oxygen atoms in total. The maximum absolute atomic E-state index is 10.9. The Kier molecular flexibility index (Phi) is 7.15. The standard InChI is InChI=1S/C30H38N6O3/c1-30(2,37)20-9-10-21-23(16-20)36-24-15-19(17-34-27(21)24)28(35(3)33)22(31)7-5-6-8-25(38-4)26(32)29(36)18-11-13-39-14-12-18/h5-10,15-18,29,37H,11-14,31-33H2,1-4H3/b7-5-,8-6-,26-25+,28-22-. The number of hydrogen-bond donors (Lipinski definition) is 4. The van der Waals surface area contributed by atoms with Crippen molar-refractivity contribution in [3.05, 3.63) is 83.0 Å². The van der Waals surface area contributed by atoms with Crippen LogP contribution in [0.4, 0.5) is 0 Å². The van der Waals surface area contributed by atoms with Crippen LogP contribution in [0, 0.1) is 5.92 Å².